The molecular formula is C17H17BrN4O3. The molecule has 1 atom stereocenters. The van der Waals surface area contributed by atoms with Crippen LogP contribution in [-0.4, -0.2) is 23.1 Å². The lowest BCUT2D eigenvalue weighted by Crippen LogP contribution is -2.36. The number of carbonyl (C=O) groups is 1. The Hall–Kier alpha value is -2.74. The monoisotopic (exact) mass is 404 g/mol. The van der Waals surface area contributed by atoms with Gasteiger partial charge in [0.15, 0.2) is 0 Å². The molecule has 0 radical (unpaired) electrons. The van der Waals surface area contributed by atoms with Crippen LogP contribution in [0.2, 0.25) is 0 Å². The zero-order valence-corrected chi connectivity index (χ0v) is 15.1. The number of non-ortho nitro benzene ring substituents is 1. The summed E-state index contributed by atoms with van der Waals surface area (Å²) in [6.07, 6.45) is 1.95. The summed E-state index contributed by atoms with van der Waals surface area (Å²) in [7, 11) is 0. The van der Waals surface area contributed by atoms with Crippen molar-refractivity contribution in [1.29, 1.82) is 0 Å². The van der Waals surface area contributed by atoms with Crippen LogP contribution in [0.3, 0.4) is 0 Å². The van der Waals surface area contributed by atoms with Crippen molar-refractivity contribution in [3.05, 3.63) is 68.7 Å². The standard InChI is InChI=1S/C17H17BrN4O3/c1-2-16(20-14-8-6-13(18)7-9-14)17(23)21-19-11-12-4-3-5-15(10-12)22(24)25/h3-11,16,20H,2H2,1H3,(H,21,23)/b19-11-/t16-/m0/s1. The number of hydrogen-bond acceptors (Lipinski definition) is 5. The van der Waals surface area contributed by atoms with E-state index in [0.29, 0.717) is 12.0 Å². The highest BCUT2D eigenvalue weighted by atomic mass is 79.9. The predicted molar refractivity (Wildman–Crippen MR) is 101 cm³/mol. The molecular weight excluding hydrogens is 388 g/mol. The van der Waals surface area contributed by atoms with Crippen LogP contribution >= 0.6 is 15.9 Å². The first kappa shape index (κ1) is 18.6. The zero-order valence-electron chi connectivity index (χ0n) is 13.5. The van der Waals surface area contributed by atoms with Gasteiger partial charge in [0.1, 0.15) is 6.04 Å². The Morgan fingerprint density at radius 3 is 2.68 bits per heavy atom. The number of hydrogen-bond donors (Lipinski definition) is 2. The third kappa shape index (κ3) is 5.68. The van der Waals surface area contributed by atoms with Gasteiger partial charge in [-0.1, -0.05) is 35.0 Å². The summed E-state index contributed by atoms with van der Waals surface area (Å²) in [6, 6.07) is 13.1. The lowest BCUT2D eigenvalue weighted by atomic mass is 10.2. The van der Waals surface area contributed by atoms with Crippen molar-refractivity contribution in [1.82, 2.24) is 5.43 Å². The van der Waals surface area contributed by atoms with E-state index in [-0.39, 0.29) is 11.6 Å². The van der Waals surface area contributed by atoms with Crippen LogP contribution < -0.4 is 10.7 Å². The molecule has 2 aromatic rings. The number of hydrazone groups is 1. The second kappa shape index (κ2) is 8.93. The predicted octanol–water partition coefficient (Wildman–Crippen LogP) is 3.70. The summed E-state index contributed by atoms with van der Waals surface area (Å²) in [6.45, 7) is 1.89. The van der Waals surface area contributed by atoms with Gasteiger partial charge in [-0.15, -0.1) is 0 Å². The molecule has 0 aliphatic rings. The van der Waals surface area contributed by atoms with E-state index in [4.69, 9.17) is 0 Å². The van der Waals surface area contributed by atoms with Crippen LogP contribution in [-0.2, 0) is 4.79 Å². The van der Waals surface area contributed by atoms with Crippen molar-refractivity contribution in [3.8, 4) is 0 Å². The number of amides is 1. The maximum Gasteiger partial charge on any atom is 0.270 e. The molecule has 130 valence electrons. The van der Waals surface area contributed by atoms with Gasteiger partial charge >= 0.3 is 0 Å². The summed E-state index contributed by atoms with van der Waals surface area (Å²) >= 11 is 3.36. The van der Waals surface area contributed by atoms with Crippen LogP contribution in [0.1, 0.15) is 18.9 Å². The summed E-state index contributed by atoms with van der Waals surface area (Å²) in [4.78, 5) is 22.5. The maximum atomic E-state index is 12.2. The lowest BCUT2D eigenvalue weighted by molar-refractivity contribution is -0.384. The molecule has 0 spiro atoms. The molecule has 0 saturated carbocycles. The second-order valence-corrected chi connectivity index (χ2v) is 6.11. The minimum absolute atomic E-state index is 0.0291. The van der Waals surface area contributed by atoms with Crippen LogP contribution in [0.15, 0.2) is 58.1 Å². The third-order valence-electron chi connectivity index (χ3n) is 3.38. The molecule has 0 aromatic heterocycles. The summed E-state index contributed by atoms with van der Waals surface area (Å²) in [5, 5.41) is 17.7. The number of nitrogens with one attached hydrogen (secondary N) is 2. The molecule has 2 rings (SSSR count). The summed E-state index contributed by atoms with van der Waals surface area (Å²) in [5.74, 6) is -0.285. The molecule has 0 fully saturated rings. The Morgan fingerprint density at radius 1 is 1.32 bits per heavy atom. The number of benzene rings is 2. The van der Waals surface area contributed by atoms with E-state index in [2.05, 4.69) is 31.8 Å². The van der Waals surface area contributed by atoms with Crippen molar-refractivity contribution in [3.63, 3.8) is 0 Å². The third-order valence-corrected chi connectivity index (χ3v) is 3.91. The van der Waals surface area contributed by atoms with E-state index in [1.807, 2.05) is 31.2 Å². The molecule has 0 unspecified atom stereocenters. The molecule has 0 aliphatic heterocycles. The Kier molecular flexibility index (Phi) is 6.64. The topological polar surface area (TPSA) is 96.6 Å². The Labute approximate surface area is 153 Å². The van der Waals surface area contributed by atoms with E-state index in [0.717, 1.165) is 10.2 Å². The smallest absolute Gasteiger partial charge is 0.270 e. The van der Waals surface area contributed by atoms with Crippen molar-refractivity contribution in [2.75, 3.05) is 5.32 Å². The number of rotatable bonds is 7. The summed E-state index contributed by atoms with van der Waals surface area (Å²) in [5.41, 5.74) is 3.78. The van der Waals surface area contributed by atoms with Gasteiger partial charge < -0.3 is 5.32 Å². The number of halogens is 1. The fourth-order valence-corrected chi connectivity index (χ4v) is 2.33. The molecule has 0 heterocycles. The van der Waals surface area contributed by atoms with Crippen LogP contribution in [0.5, 0.6) is 0 Å². The van der Waals surface area contributed by atoms with E-state index >= 15 is 0 Å². The zero-order chi connectivity index (χ0) is 18.2. The molecule has 25 heavy (non-hydrogen) atoms. The largest absolute Gasteiger partial charge is 0.374 e. The number of carbonyl (C=O) groups excluding carboxylic acids is 1. The molecule has 2 N–H and O–H groups in total. The average molecular weight is 405 g/mol. The Balaban J connectivity index is 1.96. The molecule has 0 saturated heterocycles. The normalized spacial score (nSPS) is 11.9. The summed E-state index contributed by atoms with van der Waals surface area (Å²) < 4.78 is 0.956. The van der Waals surface area contributed by atoms with Gasteiger partial charge in [-0.3, -0.25) is 14.9 Å². The van der Waals surface area contributed by atoms with Gasteiger partial charge in [-0.2, -0.15) is 5.10 Å². The van der Waals surface area contributed by atoms with Crippen molar-refractivity contribution in [2.45, 2.75) is 19.4 Å². The van der Waals surface area contributed by atoms with Crippen molar-refractivity contribution < 1.29 is 9.72 Å². The molecule has 1 amide bonds. The van der Waals surface area contributed by atoms with E-state index in [9.17, 15) is 14.9 Å². The highest BCUT2D eigenvalue weighted by Gasteiger charge is 2.15. The van der Waals surface area contributed by atoms with Gasteiger partial charge in [0.2, 0.25) is 0 Å². The second-order valence-electron chi connectivity index (χ2n) is 5.20. The van der Waals surface area contributed by atoms with Gasteiger partial charge in [0, 0.05) is 27.9 Å². The molecule has 0 bridgehead atoms. The highest BCUT2D eigenvalue weighted by Crippen LogP contribution is 2.15. The van der Waals surface area contributed by atoms with Gasteiger partial charge in [-0.25, -0.2) is 5.43 Å². The Morgan fingerprint density at radius 2 is 2.04 bits per heavy atom. The number of anilines is 1. The number of nitrogens with zero attached hydrogens (tertiary/aromatic N) is 2. The van der Waals surface area contributed by atoms with Gasteiger partial charge in [-0.05, 0) is 30.7 Å². The fraction of sp³-hybridized carbons (Fsp3) is 0.176. The number of nitro benzene ring substituents is 1. The minimum atomic E-state index is -0.481. The quantitative estimate of drug-likeness (QED) is 0.417. The molecule has 7 nitrogen and oxygen atoms in total. The first-order chi connectivity index (χ1) is 12.0. The van der Waals surface area contributed by atoms with Gasteiger partial charge in [0.05, 0.1) is 11.1 Å². The number of nitro groups is 1. The average Bonchev–Trinajstić information content (AvgIpc) is 2.61. The van der Waals surface area contributed by atoms with Crippen molar-refractivity contribution >= 4 is 39.4 Å². The minimum Gasteiger partial charge on any atom is -0.374 e. The van der Waals surface area contributed by atoms with E-state index < -0.39 is 11.0 Å². The first-order valence-corrected chi connectivity index (χ1v) is 8.38. The molecule has 8 heteroatoms. The SMILES string of the molecule is CC[C@H](Nc1ccc(Br)cc1)C(=O)N/N=C\c1cccc([N+](=O)[O-])c1. The fourth-order valence-electron chi connectivity index (χ4n) is 2.07. The van der Waals surface area contributed by atoms with Crippen LogP contribution in [0.25, 0.3) is 0 Å². The molecule has 0 aliphatic carbocycles. The van der Waals surface area contributed by atoms with Gasteiger partial charge in [0.25, 0.3) is 11.6 Å². The Bertz CT molecular complexity index is 778. The highest BCUT2D eigenvalue weighted by molar-refractivity contribution is 9.10. The van der Waals surface area contributed by atoms with E-state index in [1.165, 1.54) is 18.3 Å². The van der Waals surface area contributed by atoms with E-state index in [1.54, 1.807) is 12.1 Å². The van der Waals surface area contributed by atoms with Crippen LogP contribution in [0.4, 0.5) is 11.4 Å². The first-order valence-electron chi connectivity index (χ1n) is 7.59. The maximum absolute atomic E-state index is 12.2. The molecule has 2 aromatic carbocycles. The van der Waals surface area contributed by atoms with Crippen molar-refractivity contribution in [2.24, 2.45) is 5.10 Å². The van der Waals surface area contributed by atoms with Crippen LogP contribution in [0, 0.1) is 10.1 Å². The lowest BCUT2D eigenvalue weighted by Gasteiger charge is -2.16.